The molecule has 1 aromatic rings. The number of ether oxygens (including phenoxy) is 1. The molecule has 2 heterocycles. The number of urea groups is 1. The van der Waals surface area contributed by atoms with E-state index in [0.29, 0.717) is 23.0 Å². The first-order valence-corrected chi connectivity index (χ1v) is 7.36. The van der Waals surface area contributed by atoms with Gasteiger partial charge in [0.1, 0.15) is 0 Å². The van der Waals surface area contributed by atoms with Gasteiger partial charge in [-0.25, -0.2) is 4.79 Å². The number of hydrogen-bond acceptors (Lipinski definition) is 5. The van der Waals surface area contributed by atoms with Gasteiger partial charge >= 0.3 is 12.0 Å². The molecule has 7 heteroatoms. The fraction of sp³-hybridized carbons (Fsp3) is 0.750. The van der Waals surface area contributed by atoms with Crippen molar-refractivity contribution in [2.45, 2.75) is 19.8 Å². The molecule has 2 aliphatic rings. The Bertz CT molecular complexity index is 464. The van der Waals surface area contributed by atoms with Crippen molar-refractivity contribution in [1.82, 2.24) is 14.3 Å². The van der Waals surface area contributed by atoms with Crippen LogP contribution in [0.5, 0.6) is 6.01 Å². The molecule has 1 aliphatic carbocycles. The van der Waals surface area contributed by atoms with Crippen molar-refractivity contribution in [3.05, 3.63) is 0 Å². The molecular weight excluding hydrogens is 264 g/mol. The summed E-state index contributed by atoms with van der Waals surface area (Å²) in [6, 6.07) is 0.230. The highest BCUT2D eigenvalue weighted by molar-refractivity contribution is 7.10. The van der Waals surface area contributed by atoms with Crippen LogP contribution in [0.1, 0.15) is 19.8 Å². The van der Waals surface area contributed by atoms with E-state index in [9.17, 15) is 4.79 Å². The van der Waals surface area contributed by atoms with Crippen molar-refractivity contribution in [3.63, 3.8) is 0 Å². The molecule has 1 aromatic heterocycles. The molecular formula is C12H18N4O2S. The van der Waals surface area contributed by atoms with Gasteiger partial charge < -0.3 is 9.64 Å². The number of hydrogen-bond donors (Lipinski definition) is 1. The molecule has 1 saturated carbocycles. The molecule has 3 atom stereocenters. The van der Waals surface area contributed by atoms with E-state index in [0.717, 1.165) is 30.5 Å². The molecule has 104 valence electrons. The van der Waals surface area contributed by atoms with E-state index in [1.165, 1.54) is 20.0 Å². The molecule has 1 saturated heterocycles. The molecule has 2 fully saturated rings. The van der Waals surface area contributed by atoms with Crippen LogP contribution in [0.2, 0.25) is 0 Å². The SMILES string of the molecule is COc1nsc(NC(=O)N2C[C@H]3CC(C)C[C@H]3C2)n1. The molecule has 0 bridgehead atoms. The third-order valence-corrected chi connectivity index (χ3v) is 4.69. The van der Waals surface area contributed by atoms with Gasteiger partial charge in [-0.15, -0.1) is 4.37 Å². The zero-order valence-corrected chi connectivity index (χ0v) is 11.9. The number of amides is 2. The average Bonchev–Trinajstić information content (AvgIpc) is 3.02. The third-order valence-electron chi connectivity index (χ3n) is 4.08. The smallest absolute Gasteiger partial charge is 0.329 e. The largest absolute Gasteiger partial charge is 0.466 e. The predicted octanol–water partition coefficient (Wildman–Crippen LogP) is 2.06. The number of methoxy groups -OCH3 is 1. The molecule has 1 unspecified atom stereocenters. The minimum absolute atomic E-state index is 0.0687. The third kappa shape index (κ3) is 2.51. The first kappa shape index (κ1) is 12.7. The lowest BCUT2D eigenvalue weighted by atomic mass is 10.0. The Labute approximate surface area is 116 Å². The van der Waals surface area contributed by atoms with Gasteiger partial charge in [0, 0.05) is 24.6 Å². The number of nitrogens with zero attached hydrogens (tertiary/aromatic N) is 3. The van der Waals surface area contributed by atoms with Gasteiger partial charge in [-0.3, -0.25) is 5.32 Å². The lowest BCUT2D eigenvalue weighted by molar-refractivity contribution is 0.217. The molecule has 19 heavy (non-hydrogen) atoms. The van der Waals surface area contributed by atoms with E-state index >= 15 is 0 Å². The second-order valence-corrected chi connectivity index (χ2v) is 6.27. The molecule has 0 spiro atoms. The lowest BCUT2D eigenvalue weighted by Crippen LogP contribution is -2.33. The summed E-state index contributed by atoms with van der Waals surface area (Å²) in [5.41, 5.74) is 0. The van der Waals surface area contributed by atoms with Crippen molar-refractivity contribution in [2.24, 2.45) is 17.8 Å². The van der Waals surface area contributed by atoms with Crippen LogP contribution in [0, 0.1) is 17.8 Å². The fourth-order valence-electron chi connectivity index (χ4n) is 3.28. The Kier molecular flexibility index (Phi) is 3.30. The first-order valence-electron chi connectivity index (χ1n) is 6.59. The summed E-state index contributed by atoms with van der Waals surface area (Å²) in [6.45, 7) is 4.05. The van der Waals surface area contributed by atoms with E-state index in [-0.39, 0.29) is 6.03 Å². The molecule has 2 amide bonds. The van der Waals surface area contributed by atoms with Gasteiger partial charge in [0.15, 0.2) is 0 Å². The van der Waals surface area contributed by atoms with E-state index in [4.69, 9.17) is 4.74 Å². The second kappa shape index (κ2) is 4.96. The monoisotopic (exact) mass is 282 g/mol. The van der Waals surface area contributed by atoms with E-state index < -0.39 is 0 Å². The summed E-state index contributed by atoms with van der Waals surface area (Å²) in [6.07, 6.45) is 2.50. The maximum absolute atomic E-state index is 12.1. The summed E-state index contributed by atoms with van der Waals surface area (Å²) < 4.78 is 8.85. The topological polar surface area (TPSA) is 67.3 Å². The Morgan fingerprint density at radius 3 is 2.68 bits per heavy atom. The van der Waals surface area contributed by atoms with Gasteiger partial charge in [-0.2, -0.15) is 4.98 Å². The van der Waals surface area contributed by atoms with Crippen molar-refractivity contribution in [2.75, 3.05) is 25.5 Å². The highest BCUT2D eigenvalue weighted by atomic mass is 32.1. The Morgan fingerprint density at radius 1 is 1.42 bits per heavy atom. The number of rotatable bonds is 2. The summed E-state index contributed by atoms with van der Waals surface area (Å²) in [4.78, 5) is 18.1. The zero-order chi connectivity index (χ0) is 13.4. The van der Waals surface area contributed by atoms with E-state index in [1.807, 2.05) is 4.90 Å². The Balaban J connectivity index is 1.57. The first-order chi connectivity index (χ1) is 9.15. The minimum Gasteiger partial charge on any atom is -0.466 e. The Hall–Kier alpha value is -1.37. The van der Waals surface area contributed by atoms with Crippen molar-refractivity contribution in [1.29, 1.82) is 0 Å². The highest BCUT2D eigenvalue weighted by Gasteiger charge is 2.40. The van der Waals surface area contributed by atoms with Gasteiger partial charge in [0.25, 0.3) is 0 Å². The van der Waals surface area contributed by atoms with Crippen LogP contribution in [-0.2, 0) is 0 Å². The number of likely N-dealkylation sites (tertiary alicyclic amines) is 1. The quantitative estimate of drug-likeness (QED) is 0.901. The van der Waals surface area contributed by atoms with Crippen LogP contribution in [0.15, 0.2) is 0 Å². The fourth-order valence-corrected chi connectivity index (χ4v) is 3.81. The second-order valence-electron chi connectivity index (χ2n) is 5.52. The number of aromatic nitrogens is 2. The highest BCUT2D eigenvalue weighted by Crippen LogP contribution is 2.41. The molecule has 6 nitrogen and oxygen atoms in total. The van der Waals surface area contributed by atoms with E-state index in [1.54, 1.807) is 0 Å². The van der Waals surface area contributed by atoms with Crippen LogP contribution in [0.4, 0.5) is 9.93 Å². The van der Waals surface area contributed by atoms with Crippen molar-refractivity contribution >= 4 is 22.7 Å². The van der Waals surface area contributed by atoms with Crippen LogP contribution in [0.3, 0.4) is 0 Å². The van der Waals surface area contributed by atoms with Crippen molar-refractivity contribution in [3.8, 4) is 6.01 Å². The molecule has 0 aromatic carbocycles. The number of nitrogens with one attached hydrogen (secondary N) is 1. The molecule has 0 radical (unpaired) electrons. The maximum atomic E-state index is 12.1. The number of carbonyl (C=O) groups is 1. The zero-order valence-electron chi connectivity index (χ0n) is 11.1. The van der Waals surface area contributed by atoms with Crippen molar-refractivity contribution < 1.29 is 9.53 Å². The molecule has 1 aliphatic heterocycles. The average molecular weight is 282 g/mol. The molecule has 1 N–H and O–H groups in total. The number of fused-ring (bicyclic) bond motifs is 1. The molecule has 3 rings (SSSR count). The summed E-state index contributed by atoms with van der Waals surface area (Å²) >= 11 is 1.14. The number of carbonyl (C=O) groups excluding carboxylic acids is 1. The maximum Gasteiger partial charge on any atom is 0.329 e. The van der Waals surface area contributed by atoms with Gasteiger partial charge in [0.05, 0.1) is 7.11 Å². The Morgan fingerprint density at radius 2 is 2.11 bits per heavy atom. The number of anilines is 1. The standard InChI is InChI=1S/C12H18N4O2S/c1-7-3-8-5-16(6-9(8)4-7)12(17)14-11-13-10(18-2)15-19-11/h7-9H,3-6H2,1-2H3,(H,13,14,15,17)/t7?,8-,9+. The lowest BCUT2D eigenvalue weighted by Gasteiger charge is -2.17. The predicted molar refractivity (Wildman–Crippen MR) is 72.4 cm³/mol. The van der Waals surface area contributed by atoms with Gasteiger partial charge in [-0.1, -0.05) is 6.92 Å². The minimum atomic E-state index is -0.0687. The normalized spacial score (nSPS) is 29.4. The summed E-state index contributed by atoms with van der Waals surface area (Å²) in [5, 5.41) is 3.28. The van der Waals surface area contributed by atoms with Crippen LogP contribution in [-0.4, -0.2) is 40.5 Å². The van der Waals surface area contributed by atoms with Gasteiger partial charge in [0.2, 0.25) is 5.13 Å². The van der Waals surface area contributed by atoms with Crippen LogP contribution < -0.4 is 10.1 Å². The van der Waals surface area contributed by atoms with Crippen LogP contribution >= 0.6 is 11.5 Å². The summed E-state index contributed by atoms with van der Waals surface area (Å²) in [7, 11) is 1.51. The van der Waals surface area contributed by atoms with Crippen LogP contribution in [0.25, 0.3) is 0 Å². The van der Waals surface area contributed by atoms with E-state index in [2.05, 4.69) is 21.6 Å². The van der Waals surface area contributed by atoms with Gasteiger partial charge in [-0.05, 0) is 30.6 Å². The summed E-state index contributed by atoms with van der Waals surface area (Å²) in [5.74, 6) is 2.18.